The number of carbonyl (C=O) groups is 1. The first-order valence-electron chi connectivity index (χ1n) is 7.35. The lowest BCUT2D eigenvalue weighted by Crippen LogP contribution is -2.30. The number of hydrogen-bond donors (Lipinski definition) is 2. The predicted octanol–water partition coefficient (Wildman–Crippen LogP) is 1.70. The SMILES string of the molecule is CCCNC(CC)c1ccn(CC(=O)NCCOC)c1. The molecule has 1 aromatic heterocycles. The molecule has 1 rings (SSSR count). The molecule has 0 aromatic carbocycles. The number of hydrogen-bond acceptors (Lipinski definition) is 3. The van der Waals surface area contributed by atoms with Crippen molar-refractivity contribution in [2.75, 3.05) is 26.8 Å². The van der Waals surface area contributed by atoms with Gasteiger partial charge in [0, 0.05) is 32.1 Å². The van der Waals surface area contributed by atoms with E-state index in [9.17, 15) is 4.79 Å². The van der Waals surface area contributed by atoms with E-state index in [1.807, 2.05) is 17.0 Å². The van der Waals surface area contributed by atoms with Gasteiger partial charge >= 0.3 is 0 Å². The van der Waals surface area contributed by atoms with Gasteiger partial charge in [0.25, 0.3) is 0 Å². The molecule has 5 nitrogen and oxygen atoms in total. The molecule has 0 bridgehead atoms. The molecule has 20 heavy (non-hydrogen) atoms. The minimum absolute atomic E-state index is 0.0127. The Morgan fingerprint density at radius 3 is 2.85 bits per heavy atom. The van der Waals surface area contributed by atoms with Crippen LogP contribution in [0.15, 0.2) is 18.5 Å². The molecule has 0 aliphatic heterocycles. The maximum absolute atomic E-state index is 11.7. The molecular weight excluding hydrogens is 254 g/mol. The number of amides is 1. The van der Waals surface area contributed by atoms with Gasteiger partial charge < -0.3 is 19.9 Å². The zero-order valence-electron chi connectivity index (χ0n) is 12.8. The number of aromatic nitrogens is 1. The number of rotatable bonds is 10. The molecule has 0 fully saturated rings. The summed E-state index contributed by atoms with van der Waals surface area (Å²) in [6.07, 6.45) is 6.18. The number of methoxy groups -OCH3 is 1. The molecule has 0 saturated heterocycles. The lowest BCUT2D eigenvalue weighted by molar-refractivity contribution is -0.121. The van der Waals surface area contributed by atoms with Gasteiger partial charge in [-0.1, -0.05) is 13.8 Å². The van der Waals surface area contributed by atoms with Crippen LogP contribution < -0.4 is 10.6 Å². The van der Waals surface area contributed by atoms with E-state index in [4.69, 9.17) is 4.74 Å². The van der Waals surface area contributed by atoms with E-state index in [1.165, 1.54) is 5.56 Å². The van der Waals surface area contributed by atoms with E-state index in [1.54, 1.807) is 7.11 Å². The van der Waals surface area contributed by atoms with Gasteiger partial charge in [-0.05, 0) is 31.0 Å². The molecule has 1 aromatic rings. The Morgan fingerprint density at radius 1 is 1.40 bits per heavy atom. The van der Waals surface area contributed by atoms with Crippen molar-refractivity contribution in [2.24, 2.45) is 0 Å². The van der Waals surface area contributed by atoms with E-state index in [0.717, 1.165) is 19.4 Å². The molecule has 1 unspecified atom stereocenters. The fraction of sp³-hybridized carbons (Fsp3) is 0.667. The van der Waals surface area contributed by atoms with Crippen molar-refractivity contribution < 1.29 is 9.53 Å². The molecule has 0 aliphatic rings. The Labute approximate surface area is 121 Å². The summed E-state index contributed by atoms with van der Waals surface area (Å²) < 4.78 is 6.82. The summed E-state index contributed by atoms with van der Waals surface area (Å²) in [6.45, 7) is 6.80. The van der Waals surface area contributed by atoms with Gasteiger partial charge in [-0.3, -0.25) is 4.79 Å². The quantitative estimate of drug-likeness (QED) is 0.642. The molecule has 2 N–H and O–H groups in total. The zero-order valence-corrected chi connectivity index (χ0v) is 12.8. The number of nitrogens with zero attached hydrogens (tertiary/aromatic N) is 1. The second-order valence-corrected chi connectivity index (χ2v) is 4.87. The van der Waals surface area contributed by atoms with Crippen LogP contribution in [-0.2, 0) is 16.1 Å². The first kappa shape index (κ1) is 16.7. The average Bonchev–Trinajstić information content (AvgIpc) is 2.88. The Hall–Kier alpha value is -1.33. The van der Waals surface area contributed by atoms with Gasteiger partial charge in [0.1, 0.15) is 6.54 Å². The minimum Gasteiger partial charge on any atom is -0.383 e. The summed E-state index contributed by atoms with van der Waals surface area (Å²) in [5.41, 5.74) is 1.24. The standard InChI is InChI=1S/C15H27N3O2/c1-4-7-16-14(5-2)13-6-9-18(11-13)12-15(19)17-8-10-20-3/h6,9,11,14,16H,4-5,7-8,10,12H2,1-3H3,(H,17,19). The summed E-state index contributed by atoms with van der Waals surface area (Å²) in [7, 11) is 1.62. The highest BCUT2D eigenvalue weighted by Crippen LogP contribution is 2.16. The number of carbonyl (C=O) groups excluding carboxylic acids is 1. The number of nitrogens with one attached hydrogen (secondary N) is 2. The third-order valence-corrected chi connectivity index (χ3v) is 3.18. The predicted molar refractivity (Wildman–Crippen MR) is 80.6 cm³/mol. The first-order chi connectivity index (χ1) is 9.71. The van der Waals surface area contributed by atoms with Crippen LogP contribution in [0.3, 0.4) is 0 Å². The van der Waals surface area contributed by atoms with Crippen LogP contribution >= 0.6 is 0 Å². The third kappa shape index (κ3) is 5.75. The van der Waals surface area contributed by atoms with E-state index < -0.39 is 0 Å². The minimum atomic E-state index is 0.0127. The summed E-state index contributed by atoms with van der Waals surface area (Å²) in [5, 5.41) is 6.33. The van der Waals surface area contributed by atoms with Gasteiger partial charge in [0.2, 0.25) is 5.91 Å². The molecule has 5 heteroatoms. The van der Waals surface area contributed by atoms with Gasteiger partial charge in [-0.2, -0.15) is 0 Å². The third-order valence-electron chi connectivity index (χ3n) is 3.18. The maximum atomic E-state index is 11.7. The van der Waals surface area contributed by atoms with Crippen molar-refractivity contribution in [1.82, 2.24) is 15.2 Å². The molecule has 114 valence electrons. The van der Waals surface area contributed by atoms with Crippen LogP contribution in [0.25, 0.3) is 0 Å². The topological polar surface area (TPSA) is 55.3 Å². The lowest BCUT2D eigenvalue weighted by Gasteiger charge is -2.15. The molecule has 1 atom stereocenters. The largest absolute Gasteiger partial charge is 0.383 e. The fourth-order valence-corrected chi connectivity index (χ4v) is 2.09. The van der Waals surface area contributed by atoms with E-state index in [2.05, 4.69) is 30.5 Å². The van der Waals surface area contributed by atoms with Crippen LogP contribution in [-0.4, -0.2) is 37.3 Å². The second kappa shape index (κ2) is 9.55. The first-order valence-corrected chi connectivity index (χ1v) is 7.35. The molecule has 0 spiro atoms. The zero-order chi connectivity index (χ0) is 14.8. The summed E-state index contributed by atoms with van der Waals surface area (Å²) >= 11 is 0. The van der Waals surface area contributed by atoms with Crippen LogP contribution in [0, 0.1) is 0 Å². The highest BCUT2D eigenvalue weighted by Gasteiger charge is 2.10. The molecule has 1 heterocycles. The van der Waals surface area contributed by atoms with Gasteiger partial charge in [0.15, 0.2) is 0 Å². The maximum Gasteiger partial charge on any atom is 0.239 e. The van der Waals surface area contributed by atoms with Crippen LogP contribution in [0.1, 0.15) is 38.3 Å². The van der Waals surface area contributed by atoms with Crippen LogP contribution in [0.4, 0.5) is 0 Å². The fourth-order valence-electron chi connectivity index (χ4n) is 2.09. The summed E-state index contributed by atoms with van der Waals surface area (Å²) in [6, 6.07) is 2.45. The van der Waals surface area contributed by atoms with Crippen molar-refractivity contribution in [3.63, 3.8) is 0 Å². The van der Waals surface area contributed by atoms with Crippen molar-refractivity contribution in [2.45, 2.75) is 39.3 Å². The van der Waals surface area contributed by atoms with Gasteiger partial charge in [-0.25, -0.2) is 0 Å². The molecule has 0 saturated carbocycles. The van der Waals surface area contributed by atoms with Crippen molar-refractivity contribution in [3.05, 3.63) is 24.0 Å². The van der Waals surface area contributed by atoms with Gasteiger partial charge in [-0.15, -0.1) is 0 Å². The van der Waals surface area contributed by atoms with Crippen molar-refractivity contribution in [3.8, 4) is 0 Å². The molecule has 1 amide bonds. The second-order valence-electron chi connectivity index (χ2n) is 4.87. The van der Waals surface area contributed by atoms with Crippen LogP contribution in [0.2, 0.25) is 0 Å². The normalized spacial score (nSPS) is 12.3. The molecular formula is C15H27N3O2. The average molecular weight is 281 g/mol. The Morgan fingerprint density at radius 2 is 2.20 bits per heavy atom. The van der Waals surface area contributed by atoms with Crippen molar-refractivity contribution >= 4 is 5.91 Å². The highest BCUT2D eigenvalue weighted by atomic mass is 16.5. The summed E-state index contributed by atoms with van der Waals surface area (Å²) in [4.78, 5) is 11.7. The van der Waals surface area contributed by atoms with E-state index in [-0.39, 0.29) is 5.91 Å². The van der Waals surface area contributed by atoms with Crippen molar-refractivity contribution in [1.29, 1.82) is 0 Å². The summed E-state index contributed by atoms with van der Waals surface area (Å²) in [5.74, 6) is 0.0127. The number of ether oxygens (including phenoxy) is 1. The van der Waals surface area contributed by atoms with Crippen LogP contribution in [0.5, 0.6) is 0 Å². The van der Waals surface area contributed by atoms with E-state index in [0.29, 0.717) is 25.7 Å². The Kier molecular flexibility index (Phi) is 7.99. The van der Waals surface area contributed by atoms with Gasteiger partial charge in [0.05, 0.1) is 6.61 Å². The highest BCUT2D eigenvalue weighted by molar-refractivity contribution is 5.75. The molecule has 0 aliphatic carbocycles. The molecule has 0 radical (unpaired) electrons. The lowest BCUT2D eigenvalue weighted by atomic mass is 10.1. The Balaban J connectivity index is 2.47. The monoisotopic (exact) mass is 281 g/mol. The Bertz CT molecular complexity index is 390. The smallest absolute Gasteiger partial charge is 0.239 e. The van der Waals surface area contributed by atoms with E-state index >= 15 is 0 Å².